The van der Waals surface area contributed by atoms with Gasteiger partial charge in [0.2, 0.25) is 11.9 Å². The summed E-state index contributed by atoms with van der Waals surface area (Å²) in [6.45, 7) is 3.87. The average molecular weight is 238 g/mol. The molecule has 2 rings (SSSR count). The van der Waals surface area contributed by atoms with E-state index in [0.29, 0.717) is 5.95 Å². The van der Waals surface area contributed by atoms with E-state index >= 15 is 0 Å². The molecule has 92 valence electrons. The van der Waals surface area contributed by atoms with E-state index in [-0.39, 0.29) is 13.0 Å². The standard InChI is InChI=1S/C11H15FN4O/c1-6-4-14-11(15-7(6)2)16-5-8(12)3-9(16)10(13)17/h4,8-9H,3,5H2,1-2H3,(H2,13,17)/t8-,9+/m1/s1. The van der Waals surface area contributed by atoms with E-state index in [4.69, 9.17) is 5.73 Å². The van der Waals surface area contributed by atoms with Crippen molar-refractivity contribution in [3.8, 4) is 0 Å². The number of anilines is 1. The van der Waals surface area contributed by atoms with Gasteiger partial charge < -0.3 is 10.6 Å². The van der Waals surface area contributed by atoms with Crippen molar-refractivity contribution < 1.29 is 9.18 Å². The number of nitrogens with zero attached hydrogens (tertiary/aromatic N) is 3. The van der Waals surface area contributed by atoms with Crippen molar-refractivity contribution >= 4 is 11.9 Å². The molecule has 0 aromatic carbocycles. The van der Waals surface area contributed by atoms with Gasteiger partial charge in [0.05, 0.1) is 6.54 Å². The highest BCUT2D eigenvalue weighted by Crippen LogP contribution is 2.24. The molecule has 0 saturated carbocycles. The molecule has 1 aromatic rings. The molecular formula is C11H15FN4O. The Morgan fingerprint density at radius 2 is 2.29 bits per heavy atom. The fourth-order valence-corrected chi connectivity index (χ4v) is 1.93. The molecule has 1 aromatic heterocycles. The molecule has 0 spiro atoms. The third-order valence-electron chi connectivity index (χ3n) is 3.05. The number of alkyl halides is 1. The third kappa shape index (κ3) is 2.20. The molecule has 2 N–H and O–H groups in total. The van der Waals surface area contributed by atoms with Crippen LogP contribution in [0.1, 0.15) is 17.7 Å². The number of amides is 1. The van der Waals surface area contributed by atoms with Crippen LogP contribution >= 0.6 is 0 Å². The Balaban J connectivity index is 2.31. The van der Waals surface area contributed by atoms with Gasteiger partial charge in [-0.2, -0.15) is 0 Å². The van der Waals surface area contributed by atoms with Crippen LogP contribution in [0.5, 0.6) is 0 Å². The lowest BCUT2D eigenvalue weighted by atomic mass is 10.2. The van der Waals surface area contributed by atoms with Crippen molar-refractivity contribution in [2.24, 2.45) is 5.73 Å². The van der Waals surface area contributed by atoms with Crippen LogP contribution in [0, 0.1) is 13.8 Å². The van der Waals surface area contributed by atoms with E-state index < -0.39 is 18.1 Å². The number of carbonyl (C=O) groups is 1. The number of carbonyl (C=O) groups excluding carboxylic acids is 1. The minimum absolute atomic E-state index is 0.117. The molecule has 1 saturated heterocycles. The number of hydrogen-bond acceptors (Lipinski definition) is 4. The fraction of sp³-hybridized carbons (Fsp3) is 0.545. The average Bonchev–Trinajstić information content (AvgIpc) is 2.64. The maximum Gasteiger partial charge on any atom is 0.240 e. The Hall–Kier alpha value is -1.72. The molecule has 0 radical (unpaired) electrons. The van der Waals surface area contributed by atoms with Crippen molar-refractivity contribution in [1.29, 1.82) is 0 Å². The van der Waals surface area contributed by atoms with E-state index in [9.17, 15) is 9.18 Å². The monoisotopic (exact) mass is 238 g/mol. The normalized spacial score (nSPS) is 24.1. The van der Waals surface area contributed by atoms with Gasteiger partial charge in [0, 0.05) is 18.3 Å². The summed E-state index contributed by atoms with van der Waals surface area (Å²) in [6.07, 6.45) is 0.727. The van der Waals surface area contributed by atoms with E-state index in [1.807, 2.05) is 13.8 Å². The van der Waals surface area contributed by atoms with E-state index in [1.54, 1.807) is 11.1 Å². The maximum absolute atomic E-state index is 13.3. The number of hydrogen-bond donors (Lipinski definition) is 1. The minimum atomic E-state index is -1.06. The van der Waals surface area contributed by atoms with Crippen molar-refractivity contribution in [1.82, 2.24) is 9.97 Å². The highest BCUT2D eigenvalue weighted by molar-refractivity contribution is 5.83. The van der Waals surface area contributed by atoms with Crippen molar-refractivity contribution in [2.45, 2.75) is 32.5 Å². The SMILES string of the molecule is Cc1cnc(N2C[C@H](F)C[C@H]2C(N)=O)nc1C. The third-order valence-corrected chi connectivity index (χ3v) is 3.05. The zero-order chi connectivity index (χ0) is 12.6. The smallest absolute Gasteiger partial charge is 0.240 e. The number of primary amides is 1. The van der Waals surface area contributed by atoms with Gasteiger partial charge in [-0.25, -0.2) is 14.4 Å². The van der Waals surface area contributed by atoms with Gasteiger partial charge in [-0.3, -0.25) is 4.79 Å². The summed E-state index contributed by atoms with van der Waals surface area (Å²) in [5.74, 6) is -0.163. The number of aromatic nitrogens is 2. The zero-order valence-electron chi connectivity index (χ0n) is 9.85. The summed E-state index contributed by atoms with van der Waals surface area (Å²) in [5, 5.41) is 0. The molecule has 17 heavy (non-hydrogen) atoms. The number of aryl methyl sites for hydroxylation is 2. The number of nitrogens with two attached hydrogens (primary N) is 1. The van der Waals surface area contributed by atoms with Gasteiger partial charge >= 0.3 is 0 Å². The molecule has 2 atom stereocenters. The van der Waals surface area contributed by atoms with Gasteiger partial charge in [-0.05, 0) is 19.4 Å². The second kappa shape index (κ2) is 4.27. The van der Waals surface area contributed by atoms with E-state index in [2.05, 4.69) is 9.97 Å². The molecule has 0 bridgehead atoms. The summed E-state index contributed by atoms with van der Waals surface area (Å²) >= 11 is 0. The van der Waals surface area contributed by atoms with Gasteiger partial charge in [-0.15, -0.1) is 0 Å². The second-order valence-corrected chi connectivity index (χ2v) is 4.34. The lowest BCUT2D eigenvalue weighted by Gasteiger charge is -2.21. The van der Waals surface area contributed by atoms with Gasteiger partial charge in [-0.1, -0.05) is 0 Å². The van der Waals surface area contributed by atoms with Gasteiger partial charge in [0.1, 0.15) is 12.2 Å². The molecule has 1 aliphatic heterocycles. The number of rotatable bonds is 2. The first-order valence-corrected chi connectivity index (χ1v) is 5.49. The Labute approximate surface area is 98.8 Å². The lowest BCUT2D eigenvalue weighted by Crippen LogP contribution is -2.41. The van der Waals surface area contributed by atoms with E-state index in [1.165, 1.54) is 0 Å². The molecule has 5 nitrogen and oxygen atoms in total. The predicted octanol–water partition coefficient (Wildman–Crippen LogP) is 0.496. The summed E-state index contributed by atoms with van der Waals surface area (Å²) in [7, 11) is 0. The Morgan fingerprint density at radius 3 is 2.88 bits per heavy atom. The van der Waals surface area contributed by atoms with Crippen LogP contribution in [0.25, 0.3) is 0 Å². The molecule has 0 aliphatic carbocycles. The number of halogens is 1. The Bertz CT molecular complexity index is 451. The molecule has 6 heteroatoms. The lowest BCUT2D eigenvalue weighted by molar-refractivity contribution is -0.119. The topological polar surface area (TPSA) is 72.1 Å². The molecular weight excluding hydrogens is 223 g/mol. The summed E-state index contributed by atoms with van der Waals surface area (Å²) in [5.41, 5.74) is 7.03. The first-order chi connectivity index (χ1) is 7.99. The first kappa shape index (κ1) is 11.8. The highest BCUT2D eigenvalue weighted by atomic mass is 19.1. The quantitative estimate of drug-likeness (QED) is 0.814. The molecule has 1 amide bonds. The maximum atomic E-state index is 13.3. The second-order valence-electron chi connectivity index (χ2n) is 4.34. The Kier molecular flexibility index (Phi) is 2.95. The summed E-state index contributed by atoms with van der Waals surface area (Å²) in [4.78, 5) is 21.2. The van der Waals surface area contributed by atoms with Crippen LogP contribution < -0.4 is 10.6 Å². The van der Waals surface area contributed by atoms with E-state index in [0.717, 1.165) is 11.3 Å². The van der Waals surface area contributed by atoms with Crippen LogP contribution in [0.3, 0.4) is 0 Å². The minimum Gasteiger partial charge on any atom is -0.368 e. The molecule has 2 heterocycles. The summed E-state index contributed by atoms with van der Waals surface area (Å²) < 4.78 is 13.3. The van der Waals surface area contributed by atoms with Crippen LogP contribution in [-0.2, 0) is 4.79 Å². The van der Waals surface area contributed by atoms with Crippen LogP contribution in [-0.4, -0.2) is 34.6 Å². The van der Waals surface area contributed by atoms with Crippen molar-refractivity contribution in [2.75, 3.05) is 11.4 Å². The summed E-state index contributed by atoms with van der Waals surface area (Å²) in [6, 6.07) is -0.646. The molecule has 1 aliphatic rings. The Morgan fingerprint density at radius 1 is 1.59 bits per heavy atom. The van der Waals surface area contributed by atoms with Crippen LogP contribution in [0.15, 0.2) is 6.20 Å². The van der Waals surface area contributed by atoms with Crippen LogP contribution in [0.2, 0.25) is 0 Å². The first-order valence-electron chi connectivity index (χ1n) is 5.49. The van der Waals surface area contributed by atoms with Crippen molar-refractivity contribution in [3.63, 3.8) is 0 Å². The van der Waals surface area contributed by atoms with Crippen LogP contribution in [0.4, 0.5) is 10.3 Å². The fourth-order valence-electron chi connectivity index (χ4n) is 1.93. The largest absolute Gasteiger partial charge is 0.368 e. The highest BCUT2D eigenvalue weighted by Gasteiger charge is 2.37. The van der Waals surface area contributed by atoms with Crippen molar-refractivity contribution in [3.05, 3.63) is 17.5 Å². The van der Waals surface area contributed by atoms with Gasteiger partial charge in [0.25, 0.3) is 0 Å². The predicted molar refractivity (Wildman–Crippen MR) is 61.3 cm³/mol. The molecule has 0 unspecified atom stereocenters. The molecule has 1 fully saturated rings. The zero-order valence-corrected chi connectivity index (χ0v) is 9.85. The van der Waals surface area contributed by atoms with Gasteiger partial charge in [0.15, 0.2) is 0 Å².